The number of anilines is 1. The van der Waals surface area contributed by atoms with E-state index < -0.39 is 0 Å². The number of allylic oxidation sites excluding steroid dienone is 2. The van der Waals surface area contributed by atoms with E-state index >= 15 is 0 Å². The average molecular weight is 353 g/mol. The lowest BCUT2D eigenvalue weighted by molar-refractivity contribution is 0.103. The van der Waals surface area contributed by atoms with Gasteiger partial charge in [-0.2, -0.15) is 0 Å². The van der Waals surface area contributed by atoms with E-state index in [0.717, 1.165) is 40.8 Å². The summed E-state index contributed by atoms with van der Waals surface area (Å²) in [5.74, 6) is 0.0499. The van der Waals surface area contributed by atoms with Gasteiger partial charge in [0.05, 0.1) is 16.8 Å². The number of rotatable bonds is 4. The van der Waals surface area contributed by atoms with Crippen molar-refractivity contribution >= 4 is 27.9 Å². The van der Waals surface area contributed by atoms with Gasteiger partial charge >= 0.3 is 0 Å². The second-order valence-electron chi connectivity index (χ2n) is 7.43. The lowest BCUT2D eigenvalue weighted by atomic mass is 9.98. The van der Waals surface area contributed by atoms with Gasteiger partial charge in [0.1, 0.15) is 0 Å². The van der Waals surface area contributed by atoms with Crippen molar-refractivity contribution in [3.8, 4) is 0 Å². The smallest absolute Gasteiger partial charge is 0.196 e. The zero-order valence-electron chi connectivity index (χ0n) is 15.4. The molecule has 0 amide bonds. The molecule has 3 heteroatoms. The zero-order chi connectivity index (χ0) is 18.4. The molecule has 1 aromatic heterocycles. The van der Waals surface area contributed by atoms with Crippen molar-refractivity contribution in [1.82, 2.24) is 4.98 Å². The first-order valence-corrected chi connectivity index (χ1v) is 9.55. The van der Waals surface area contributed by atoms with E-state index in [1.54, 1.807) is 6.20 Å². The van der Waals surface area contributed by atoms with Crippen molar-refractivity contribution in [1.29, 1.82) is 0 Å². The first-order valence-electron chi connectivity index (χ1n) is 9.55. The largest absolute Gasteiger partial charge is 0.370 e. The number of benzene rings is 2. The molecule has 1 fully saturated rings. The molecule has 0 unspecified atom stereocenters. The van der Waals surface area contributed by atoms with Crippen molar-refractivity contribution in [3.05, 3.63) is 83.4 Å². The van der Waals surface area contributed by atoms with Crippen LogP contribution in [-0.2, 0) is 0 Å². The van der Waals surface area contributed by atoms with Gasteiger partial charge < -0.3 is 4.90 Å². The van der Waals surface area contributed by atoms with Crippen molar-refractivity contribution in [2.45, 2.75) is 19.8 Å². The normalized spacial score (nSPS) is 15.9. The second-order valence-corrected chi connectivity index (χ2v) is 7.43. The Morgan fingerprint density at radius 1 is 1.04 bits per heavy atom. The van der Waals surface area contributed by atoms with Crippen LogP contribution in [0, 0.1) is 13.3 Å². The minimum absolute atomic E-state index is 0.0499. The van der Waals surface area contributed by atoms with E-state index in [9.17, 15) is 4.79 Å². The third-order valence-corrected chi connectivity index (χ3v) is 5.49. The fourth-order valence-corrected chi connectivity index (χ4v) is 3.90. The predicted octanol–water partition coefficient (Wildman–Crippen LogP) is 4.98. The molecule has 3 aromatic rings. The SMILES string of the molecule is Cc1ccc(C(=O)c2cnc3ccc(C4=C[CH]4)cc3c2N2CCCC2)cc1. The van der Waals surface area contributed by atoms with Crippen LogP contribution in [0.15, 0.2) is 54.7 Å². The summed E-state index contributed by atoms with van der Waals surface area (Å²) in [6.45, 7) is 4.02. The average Bonchev–Trinajstić information content (AvgIpc) is 3.41. The molecule has 2 heterocycles. The molecule has 1 saturated heterocycles. The van der Waals surface area contributed by atoms with Crippen LogP contribution in [0.5, 0.6) is 0 Å². The number of ketones is 1. The van der Waals surface area contributed by atoms with Gasteiger partial charge in [0.15, 0.2) is 5.78 Å². The van der Waals surface area contributed by atoms with Gasteiger partial charge in [-0.05, 0) is 43.0 Å². The van der Waals surface area contributed by atoms with Gasteiger partial charge in [0.2, 0.25) is 0 Å². The lowest BCUT2D eigenvalue weighted by Crippen LogP contribution is -2.21. The molecule has 3 nitrogen and oxygen atoms in total. The minimum atomic E-state index is 0.0499. The number of aryl methyl sites for hydroxylation is 1. The summed E-state index contributed by atoms with van der Waals surface area (Å²) in [7, 11) is 0. The van der Waals surface area contributed by atoms with Crippen LogP contribution < -0.4 is 4.90 Å². The molecule has 0 atom stereocenters. The number of carbonyl (C=O) groups excluding carboxylic acids is 1. The van der Waals surface area contributed by atoms with E-state index in [2.05, 4.69) is 40.6 Å². The molecule has 5 rings (SSSR count). The summed E-state index contributed by atoms with van der Waals surface area (Å²) in [5, 5.41) is 1.08. The zero-order valence-corrected chi connectivity index (χ0v) is 15.4. The molecule has 1 aliphatic carbocycles. The van der Waals surface area contributed by atoms with Crippen molar-refractivity contribution < 1.29 is 4.79 Å². The molecule has 2 aromatic carbocycles. The van der Waals surface area contributed by atoms with E-state index in [0.29, 0.717) is 5.56 Å². The third kappa shape index (κ3) is 2.93. The second kappa shape index (κ2) is 6.34. The van der Waals surface area contributed by atoms with Gasteiger partial charge in [-0.3, -0.25) is 9.78 Å². The standard InChI is InChI=1S/C24H21N2O/c1-16-4-6-18(7-5-16)24(27)21-15-25-22-11-10-19(17-8-9-17)14-20(22)23(21)26-12-2-3-13-26/h4-11,14-15H,2-3,12-13H2,1H3. The maximum Gasteiger partial charge on any atom is 0.196 e. The van der Waals surface area contributed by atoms with Gasteiger partial charge in [0, 0.05) is 36.7 Å². The fourth-order valence-electron chi connectivity index (χ4n) is 3.90. The summed E-state index contributed by atoms with van der Waals surface area (Å²) >= 11 is 0. The highest BCUT2D eigenvalue weighted by atomic mass is 16.1. The Hall–Kier alpha value is -2.94. The number of pyridine rings is 1. The van der Waals surface area contributed by atoms with E-state index in [1.165, 1.54) is 24.0 Å². The molecule has 0 saturated carbocycles. The Kier molecular flexibility index (Phi) is 3.82. The Bertz CT molecular complexity index is 1070. The molecule has 0 N–H and O–H groups in total. The Morgan fingerprint density at radius 2 is 1.78 bits per heavy atom. The van der Waals surface area contributed by atoms with Crippen LogP contribution in [0.3, 0.4) is 0 Å². The third-order valence-electron chi connectivity index (χ3n) is 5.49. The van der Waals surface area contributed by atoms with Gasteiger partial charge in [0.25, 0.3) is 0 Å². The fraction of sp³-hybridized carbons (Fsp3) is 0.208. The predicted molar refractivity (Wildman–Crippen MR) is 110 cm³/mol. The van der Waals surface area contributed by atoms with Crippen LogP contribution in [0.25, 0.3) is 16.5 Å². The van der Waals surface area contributed by atoms with E-state index in [4.69, 9.17) is 0 Å². The maximum atomic E-state index is 13.3. The highest BCUT2D eigenvalue weighted by Crippen LogP contribution is 2.37. The molecular formula is C24H21N2O. The van der Waals surface area contributed by atoms with Gasteiger partial charge in [-0.1, -0.05) is 42.0 Å². The summed E-state index contributed by atoms with van der Waals surface area (Å²) in [4.78, 5) is 20.3. The molecule has 27 heavy (non-hydrogen) atoms. The van der Waals surface area contributed by atoms with Crippen LogP contribution in [0.2, 0.25) is 0 Å². The highest BCUT2D eigenvalue weighted by Gasteiger charge is 2.24. The Morgan fingerprint density at radius 3 is 2.48 bits per heavy atom. The first-order chi connectivity index (χ1) is 13.2. The molecule has 0 bridgehead atoms. The maximum absolute atomic E-state index is 13.3. The lowest BCUT2D eigenvalue weighted by Gasteiger charge is -2.23. The number of hydrogen-bond acceptors (Lipinski definition) is 3. The number of carbonyl (C=O) groups is 1. The van der Waals surface area contributed by atoms with Crippen molar-refractivity contribution in [2.75, 3.05) is 18.0 Å². The Balaban J connectivity index is 1.70. The monoisotopic (exact) mass is 353 g/mol. The number of hydrogen-bond donors (Lipinski definition) is 0. The highest BCUT2D eigenvalue weighted by molar-refractivity contribution is 6.16. The van der Waals surface area contributed by atoms with Crippen molar-refractivity contribution in [2.24, 2.45) is 0 Å². The molecule has 133 valence electrons. The van der Waals surface area contributed by atoms with Crippen LogP contribution in [-0.4, -0.2) is 23.9 Å². The summed E-state index contributed by atoms with van der Waals surface area (Å²) in [5.41, 5.74) is 7.04. The molecular weight excluding hydrogens is 332 g/mol. The molecule has 1 radical (unpaired) electrons. The Labute approximate surface area is 159 Å². The summed E-state index contributed by atoms with van der Waals surface area (Å²) in [6, 6.07) is 14.2. The summed E-state index contributed by atoms with van der Waals surface area (Å²) in [6.07, 6.45) is 8.33. The quantitative estimate of drug-likeness (QED) is 0.621. The number of fused-ring (bicyclic) bond motifs is 1. The summed E-state index contributed by atoms with van der Waals surface area (Å²) < 4.78 is 0. The van der Waals surface area contributed by atoms with E-state index in [1.807, 2.05) is 31.2 Å². The van der Waals surface area contributed by atoms with E-state index in [-0.39, 0.29) is 5.78 Å². The topological polar surface area (TPSA) is 33.2 Å². The minimum Gasteiger partial charge on any atom is -0.370 e. The van der Waals surface area contributed by atoms with Crippen molar-refractivity contribution in [3.63, 3.8) is 0 Å². The van der Waals surface area contributed by atoms with Gasteiger partial charge in [-0.25, -0.2) is 0 Å². The molecule has 2 aliphatic rings. The van der Waals surface area contributed by atoms with Crippen LogP contribution in [0.1, 0.15) is 39.9 Å². The van der Waals surface area contributed by atoms with Crippen LogP contribution in [0.4, 0.5) is 5.69 Å². The van der Waals surface area contributed by atoms with Gasteiger partial charge in [-0.15, -0.1) is 0 Å². The van der Waals surface area contributed by atoms with Crippen LogP contribution >= 0.6 is 0 Å². The number of nitrogens with zero attached hydrogens (tertiary/aromatic N) is 2. The first kappa shape index (κ1) is 16.2. The molecule has 1 aliphatic heterocycles. The number of aromatic nitrogens is 1. The molecule has 0 spiro atoms.